The SMILES string of the molecule is C=CCC(C)(O)CNCC. The molecular weight excluding hydrogens is 126 g/mol. The molecule has 0 aromatic carbocycles. The van der Waals surface area contributed by atoms with Gasteiger partial charge >= 0.3 is 0 Å². The molecule has 0 aliphatic heterocycles. The maximum Gasteiger partial charge on any atom is 0.0777 e. The van der Waals surface area contributed by atoms with Gasteiger partial charge in [-0.25, -0.2) is 0 Å². The molecule has 10 heavy (non-hydrogen) atoms. The molecule has 0 aliphatic carbocycles. The molecule has 1 atom stereocenters. The lowest BCUT2D eigenvalue weighted by molar-refractivity contribution is 0.0636. The lowest BCUT2D eigenvalue weighted by atomic mass is 10.0. The van der Waals surface area contributed by atoms with E-state index in [4.69, 9.17) is 0 Å². The number of nitrogens with one attached hydrogen (secondary N) is 1. The van der Waals surface area contributed by atoms with Crippen molar-refractivity contribution in [2.45, 2.75) is 25.9 Å². The van der Waals surface area contributed by atoms with E-state index < -0.39 is 5.60 Å². The third kappa shape index (κ3) is 4.53. The van der Waals surface area contributed by atoms with Crippen LogP contribution >= 0.6 is 0 Å². The highest BCUT2D eigenvalue weighted by Gasteiger charge is 2.16. The molecular formula is C8H17NO. The van der Waals surface area contributed by atoms with Crippen molar-refractivity contribution >= 4 is 0 Å². The van der Waals surface area contributed by atoms with Crippen molar-refractivity contribution in [3.63, 3.8) is 0 Å². The Morgan fingerprint density at radius 1 is 1.70 bits per heavy atom. The number of hydrogen-bond donors (Lipinski definition) is 2. The molecule has 0 saturated heterocycles. The van der Waals surface area contributed by atoms with E-state index in [0.29, 0.717) is 13.0 Å². The fourth-order valence-corrected chi connectivity index (χ4v) is 0.777. The molecule has 2 nitrogen and oxygen atoms in total. The molecule has 0 heterocycles. The van der Waals surface area contributed by atoms with Crippen LogP contribution in [0.25, 0.3) is 0 Å². The van der Waals surface area contributed by atoms with Gasteiger partial charge in [0.1, 0.15) is 0 Å². The first-order valence-electron chi connectivity index (χ1n) is 3.66. The normalized spacial score (nSPS) is 16.3. The summed E-state index contributed by atoms with van der Waals surface area (Å²) in [6.45, 7) is 8.92. The van der Waals surface area contributed by atoms with Gasteiger partial charge in [0.25, 0.3) is 0 Å². The predicted molar refractivity (Wildman–Crippen MR) is 44.0 cm³/mol. The minimum absolute atomic E-state index is 0.627. The zero-order chi connectivity index (χ0) is 8.04. The quantitative estimate of drug-likeness (QED) is 0.561. The third-order valence-corrected chi connectivity index (χ3v) is 1.34. The maximum atomic E-state index is 9.51. The van der Waals surface area contributed by atoms with E-state index in [1.54, 1.807) is 13.0 Å². The molecule has 0 spiro atoms. The van der Waals surface area contributed by atoms with Gasteiger partial charge < -0.3 is 10.4 Å². The van der Waals surface area contributed by atoms with Crippen LogP contribution in [-0.4, -0.2) is 23.8 Å². The third-order valence-electron chi connectivity index (χ3n) is 1.34. The van der Waals surface area contributed by atoms with E-state index >= 15 is 0 Å². The molecule has 2 heteroatoms. The maximum absolute atomic E-state index is 9.51. The molecule has 0 saturated carbocycles. The molecule has 60 valence electrons. The molecule has 0 amide bonds. The van der Waals surface area contributed by atoms with Crippen LogP contribution in [0.15, 0.2) is 12.7 Å². The van der Waals surface area contributed by atoms with Gasteiger partial charge in [0, 0.05) is 6.54 Å². The molecule has 1 unspecified atom stereocenters. The smallest absolute Gasteiger partial charge is 0.0777 e. The van der Waals surface area contributed by atoms with Crippen LogP contribution in [0.5, 0.6) is 0 Å². The molecule has 0 rings (SSSR count). The average molecular weight is 143 g/mol. The Bertz CT molecular complexity index is 99.4. The van der Waals surface area contributed by atoms with Gasteiger partial charge in [-0.05, 0) is 19.9 Å². The Balaban J connectivity index is 3.51. The van der Waals surface area contributed by atoms with E-state index in [2.05, 4.69) is 11.9 Å². The second kappa shape index (κ2) is 4.47. The Morgan fingerprint density at radius 3 is 2.70 bits per heavy atom. The number of aliphatic hydroxyl groups is 1. The summed E-state index contributed by atoms with van der Waals surface area (Å²) in [5, 5.41) is 12.6. The highest BCUT2D eigenvalue weighted by molar-refractivity contribution is 4.84. The van der Waals surface area contributed by atoms with Crippen molar-refractivity contribution in [2.24, 2.45) is 0 Å². The summed E-state index contributed by atoms with van der Waals surface area (Å²) in [6.07, 6.45) is 2.37. The Hall–Kier alpha value is -0.340. The van der Waals surface area contributed by atoms with E-state index in [-0.39, 0.29) is 0 Å². The standard InChI is InChI=1S/C8H17NO/c1-4-6-8(3,10)7-9-5-2/h4,9-10H,1,5-7H2,2-3H3. The Kier molecular flexibility index (Phi) is 4.32. The largest absolute Gasteiger partial charge is 0.389 e. The second-order valence-electron chi connectivity index (χ2n) is 2.77. The molecule has 0 fully saturated rings. The minimum Gasteiger partial charge on any atom is -0.389 e. The van der Waals surface area contributed by atoms with Crippen LogP contribution in [0.2, 0.25) is 0 Å². The lowest BCUT2D eigenvalue weighted by Gasteiger charge is -2.21. The van der Waals surface area contributed by atoms with E-state index in [1.807, 2.05) is 6.92 Å². The van der Waals surface area contributed by atoms with Crippen molar-refractivity contribution in [1.82, 2.24) is 5.32 Å². The van der Waals surface area contributed by atoms with Gasteiger partial charge in [0.05, 0.1) is 5.60 Å². The molecule has 2 N–H and O–H groups in total. The van der Waals surface area contributed by atoms with Crippen molar-refractivity contribution in [2.75, 3.05) is 13.1 Å². The summed E-state index contributed by atoms with van der Waals surface area (Å²) in [5.74, 6) is 0. The number of rotatable bonds is 5. The Morgan fingerprint density at radius 2 is 2.30 bits per heavy atom. The van der Waals surface area contributed by atoms with Crippen LogP contribution < -0.4 is 5.32 Å². The van der Waals surface area contributed by atoms with E-state index in [1.165, 1.54) is 0 Å². The van der Waals surface area contributed by atoms with E-state index in [9.17, 15) is 5.11 Å². The monoisotopic (exact) mass is 143 g/mol. The van der Waals surface area contributed by atoms with Crippen LogP contribution in [0.1, 0.15) is 20.3 Å². The fourth-order valence-electron chi connectivity index (χ4n) is 0.777. The van der Waals surface area contributed by atoms with Gasteiger partial charge in [-0.2, -0.15) is 0 Å². The lowest BCUT2D eigenvalue weighted by Crippen LogP contribution is -2.37. The highest BCUT2D eigenvalue weighted by Crippen LogP contribution is 2.06. The average Bonchev–Trinajstić information content (AvgIpc) is 1.84. The first-order valence-corrected chi connectivity index (χ1v) is 3.66. The fraction of sp³-hybridized carbons (Fsp3) is 0.750. The molecule has 0 aromatic rings. The summed E-state index contributed by atoms with van der Waals surface area (Å²) in [7, 11) is 0. The van der Waals surface area contributed by atoms with Crippen molar-refractivity contribution < 1.29 is 5.11 Å². The predicted octanol–water partition coefficient (Wildman–Crippen LogP) is 0.923. The van der Waals surface area contributed by atoms with Crippen LogP contribution in [0.3, 0.4) is 0 Å². The van der Waals surface area contributed by atoms with Gasteiger partial charge in [0.2, 0.25) is 0 Å². The van der Waals surface area contributed by atoms with E-state index in [0.717, 1.165) is 6.54 Å². The Labute approximate surface area is 62.9 Å². The zero-order valence-corrected chi connectivity index (χ0v) is 6.85. The van der Waals surface area contributed by atoms with Gasteiger partial charge in [-0.1, -0.05) is 13.0 Å². The van der Waals surface area contributed by atoms with Crippen molar-refractivity contribution in [3.8, 4) is 0 Å². The molecule has 0 bridgehead atoms. The highest BCUT2D eigenvalue weighted by atomic mass is 16.3. The topological polar surface area (TPSA) is 32.3 Å². The summed E-state index contributed by atoms with van der Waals surface area (Å²) in [6, 6.07) is 0. The zero-order valence-electron chi connectivity index (χ0n) is 6.85. The first-order chi connectivity index (χ1) is 4.62. The summed E-state index contributed by atoms with van der Waals surface area (Å²) in [5.41, 5.74) is -0.627. The molecule has 0 radical (unpaired) electrons. The van der Waals surface area contributed by atoms with Crippen LogP contribution in [0, 0.1) is 0 Å². The van der Waals surface area contributed by atoms with Gasteiger partial charge in [-0.3, -0.25) is 0 Å². The van der Waals surface area contributed by atoms with Crippen LogP contribution in [-0.2, 0) is 0 Å². The summed E-state index contributed by atoms with van der Waals surface area (Å²) >= 11 is 0. The summed E-state index contributed by atoms with van der Waals surface area (Å²) < 4.78 is 0. The minimum atomic E-state index is -0.627. The molecule has 0 aliphatic rings. The van der Waals surface area contributed by atoms with Gasteiger partial charge in [-0.15, -0.1) is 6.58 Å². The van der Waals surface area contributed by atoms with Crippen LogP contribution in [0.4, 0.5) is 0 Å². The van der Waals surface area contributed by atoms with Crippen molar-refractivity contribution in [1.29, 1.82) is 0 Å². The van der Waals surface area contributed by atoms with Gasteiger partial charge in [0.15, 0.2) is 0 Å². The summed E-state index contributed by atoms with van der Waals surface area (Å²) in [4.78, 5) is 0. The first kappa shape index (κ1) is 9.66. The number of hydrogen-bond acceptors (Lipinski definition) is 2. The second-order valence-corrected chi connectivity index (χ2v) is 2.77. The number of likely N-dealkylation sites (N-methyl/N-ethyl adjacent to an activating group) is 1. The molecule has 0 aromatic heterocycles. The van der Waals surface area contributed by atoms with Crippen molar-refractivity contribution in [3.05, 3.63) is 12.7 Å².